The molecule has 0 saturated carbocycles. The van der Waals surface area contributed by atoms with E-state index in [1.54, 1.807) is 13.2 Å². The highest BCUT2D eigenvalue weighted by atomic mass is 32.2. The van der Waals surface area contributed by atoms with Crippen LogP contribution in [0.4, 0.5) is 17.1 Å². The Bertz CT molecular complexity index is 960. The second-order valence-corrected chi connectivity index (χ2v) is 8.69. The Kier molecular flexibility index (Phi) is 5.73. The van der Waals surface area contributed by atoms with Gasteiger partial charge in [-0.25, -0.2) is 8.42 Å². The van der Waals surface area contributed by atoms with Gasteiger partial charge in [0, 0.05) is 49.9 Å². The Labute approximate surface area is 164 Å². The van der Waals surface area contributed by atoms with Crippen molar-refractivity contribution in [1.29, 1.82) is 0 Å². The molecule has 1 heterocycles. The predicted octanol–water partition coefficient (Wildman–Crippen LogP) is 2.72. The maximum absolute atomic E-state index is 12.0. The summed E-state index contributed by atoms with van der Waals surface area (Å²) in [6.45, 7) is 3.06. The summed E-state index contributed by atoms with van der Waals surface area (Å²) >= 11 is 0. The number of sulfone groups is 1. The summed E-state index contributed by atoms with van der Waals surface area (Å²) in [5, 5.41) is 11.2. The van der Waals surface area contributed by atoms with Crippen molar-refractivity contribution in [2.24, 2.45) is 0 Å². The molecule has 28 heavy (non-hydrogen) atoms. The van der Waals surface area contributed by atoms with Crippen LogP contribution in [0.2, 0.25) is 0 Å². The fraction of sp³-hybridized carbons (Fsp3) is 0.368. The van der Waals surface area contributed by atoms with Crippen molar-refractivity contribution in [1.82, 2.24) is 0 Å². The molecule has 3 rings (SSSR count). The van der Waals surface area contributed by atoms with Gasteiger partial charge in [0.1, 0.15) is 10.6 Å². The van der Waals surface area contributed by atoms with Crippen molar-refractivity contribution in [2.45, 2.75) is 11.3 Å². The molecule has 1 saturated heterocycles. The van der Waals surface area contributed by atoms with Gasteiger partial charge in [0.15, 0.2) is 9.84 Å². The average Bonchev–Trinajstić information content (AvgIpc) is 2.93. The van der Waals surface area contributed by atoms with Crippen LogP contribution in [0.5, 0.6) is 5.75 Å². The highest BCUT2D eigenvalue weighted by molar-refractivity contribution is 7.90. The van der Waals surface area contributed by atoms with Crippen LogP contribution in [-0.2, 0) is 9.84 Å². The lowest BCUT2D eigenvalue weighted by atomic mass is 10.2. The number of anilines is 2. The number of nitro groups is 1. The van der Waals surface area contributed by atoms with Gasteiger partial charge in [-0.05, 0) is 42.8 Å². The summed E-state index contributed by atoms with van der Waals surface area (Å²) in [6, 6.07) is 12.2. The predicted molar refractivity (Wildman–Crippen MR) is 108 cm³/mol. The van der Waals surface area contributed by atoms with Crippen molar-refractivity contribution in [3.05, 3.63) is 52.6 Å². The lowest BCUT2D eigenvalue weighted by Crippen LogP contribution is -2.30. The lowest BCUT2D eigenvalue weighted by Gasteiger charge is -2.25. The third-order valence-corrected chi connectivity index (χ3v) is 5.96. The van der Waals surface area contributed by atoms with Gasteiger partial charge in [-0.3, -0.25) is 10.1 Å². The molecule has 1 fully saturated rings. The Morgan fingerprint density at radius 2 is 1.54 bits per heavy atom. The van der Waals surface area contributed by atoms with Gasteiger partial charge in [0.05, 0.1) is 12.0 Å². The molecule has 0 aromatic heterocycles. The van der Waals surface area contributed by atoms with Crippen molar-refractivity contribution in [3.63, 3.8) is 0 Å². The molecule has 0 amide bonds. The molecule has 150 valence electrons. The number of rotatable bonds is 5. The second kappa shape index (κ2) is 8.05. The van der Waals surface area contributed by atoms with E-state index in [9.17, 15) is 18.5 Å². The number of ether oxygens (including phenoxy) is 1. The zero-order valence-corrected chi connectivity index (χ0v) is 16.7. The first kappa shape index (κ1) is 19.9. The van der Waals surface area contributed by atoms with E-state index < -0.39 is 14.8 Å². The fourth-order valence-corrected chi connectivity index (χ4v) is 4.23. The molecular formula is C19H23N3O5S. The number of nitro benzene ring substituents is 1. The smallest absolute Gasteiger partial charge is 0.288 e. The first-order valence-corrected chi connectivity index (χ1v) is 10.8. The molecule has 2 aromatic rings. The molecule has 1 aliphatic heterocycles. The van der Waals surface area contributed by atoms with Crippen LogP contribution in [-0.4, -0.2) is 52.9 Å². The van der Waals surface area contributed by atoms with Gasteiger partial charge in [-0.1, -0.05) is 0 Å². The van der Waals surface area contributed by atoms with Crippen LogP contribution < -0.4 is 14.5 Å². The third kappa shape index (κ3) is 4.36. The summed E-state index contributed by atoms with van der Waals surface area (Å²) in [4.78, 5) is 14.6. The summed E-state index contributed by atoms with van der Waals surface area (Å²) in [6.07, 6.45) is 1.88. The molecule has 0 aliphatic carbocycles. The Morgan fingerprint density at radius 1 is 0.964 bits per heavy atom. The van der Waals surface area contributed by atoms with Gasteiger partial charge in [-0.15, -0.1) is 0 Å². The standard InChI is InChI=1S/C19H23N3O5S/c1-27-17-7-4-15(5-8-17)20-10-3-11-21(13-12-20)16-6-9-18(22(23)24)19(14-16)28(2,25)26/h4-9,14H,3,10-13H2,1-2H3. The maximum atomic E-state index is 12.0. The molecule has 0 N–H and O–H groups in total. The van der Waals surface area contributed by atoms with Gasteiger partial charge in [-0.2, -0.15) is 0 Å². The quantitative estimate of drug-likeness (QED) is 0.558. The molecule has 1 aliphatic rings. The van der Waals surface area contributed by atoms with Crippen molar-refractivity contribution in [2.75, 3.05) is 49.3 Å². The number of benzene rings is 2. The molecule has 2 aromatic carbocycles. The number of methoxy groups -OCH3 is 1. The van der Waals surface area contributed by atoms with Crippen molar-refractivity contribution >= 4 is 26.9 Å². The monoisotopic (exact) mass is 405 g/mol. The zero-order chi connectivity index (χ0) is 20.3. The van der Waals surface area contributed by atoms with Crippen LogP contribution in [0.3, 0.4) is 0 Å². The molecule has 9 heteroatoms. The van der Waals surface area contributed by atoms with E-state index in [0.29, 0.717) is 12.2 Å². The van der Waals surface area contributed by atoms with Gasteiger partial charge >= 0.3 is 0 Å². The highest BCUT2D eigenvalue weighted by Crippen LogP contribution is 2.30. The minimum absolute atomic E-state index is 0.244. The number of nitrogens with zero attached hydrogens (tertiary/aromatic N) is 3. The van der Waals surface area contributed by atoms with Crippen LogP contribution >= 0.6 is 0 Å². The molecule has 0 atom stereocenters. The third-order valence-electron chi connectivity index (χ3n) is 4.84. The molecule has 0 spiro atoms. The van der Waals surface area contributed by atoms with E-state index in [-0.39, 0.29) is 10.6 Å². The van der Waals surface area contributed by atoms with E-state index >= 15 is 0 Å². The summed E-state index contributed by atoms with van der Waals surface area (Å²) in [5.41, 5.74) is 1.40. The van der Waals surface area contributed by atoms with Crippen molar-refractivity contribution in [3.8, 4) is 5.75 Å². The first-order valence-electron chi connectivity index (χ1n) is 8.92. The second-order valence-electron chi connectivity index (χ2n) is 6.71. The normalized spacial score (nSPS) is 15.2. The van der Waals surface area contributed by atoms with Crippen LogP contribution in [0.1, 0.15) is 6.42 Å². The van der Waals surface area contributed by atoms with Crippen molar-refractivity contribution < 1.29 is 18.1 Å². The molecule has 0 bridgehead atoms. The van der Waals surface area contributed by atoms with E-state index in [2.05, 4.69) is 9.80 Å². The SMILES string of the molecule is COc1ccc(N2CCCN(c3ccc([N+](=O)[O-])c(S(C)(=O)=O)c3)CC2)cc1. The van der Waals surface area contributed by atoms with Crippen LogP contribution in [0, 0.1) is 10.1 Å². The zero-order valence-electron chi connectivity index (χ0n) is 15.9. The summed E-state index contributed by atoms with van der Waals surface area (Å²) < 4.78 is 29.2. The molecule has 0 unspecified atom stereocenters. The van der Waals surface area contributed by atoms with Crippen LogP contribution in [0.15, 0.2) is 47.4 Å². The van der Waals surface area contributed by atoms with Gasteiger partial charge in [0.2, 0.25) is 0 Å². The first-order chi connectivity index (χ1) is 13.3. The lowest BCUT2D eigenvalue weighted by molar-refractivity contribution is -0.387. The largest absolute Gasteiger partial charge is 0.497 e. The van der Waals surface area contributed by atoms with E-state index in [4.69, 9.17) is 4.74 Å². The molecular weight excluding hydrogens is 382 g/mol. The molecule has 8 nitrogen and oxygen atoms in total. The van der Waals surface area contributed by atoms with Gasteiger partial charge in [0.25, 0.3) is 5.69 Å². The average molecular weight is 405 g/mol. The highest BCUT2D eigenvalue weighted by Gasteiger charge is 2.24. The van der Waals surface area contributed by atoms with Gasteiger partial charge < -0.3 is 14.5 Å². The minimum Gasteiger partial charge on any atom is -0.497 e. The Morgan fingerprint density at radius 3 is 2.07 bits per heavy atom. The van der Waals surface area contributed by atoms with E-state index in [1.807, 2.05) is 24.3 Å². The Balaban J connectivity index is 1.81. The Hall–Kier alpha value is -2.81. The van der Waals surface area contributed by atoms with E-state index in [0.717, 1.165) is 43.7 Å². The van der Waals surface area contributed by atoms with Crippen LogP contribution in [0.25, 0.3) is 0 Å². The topological polar surface area (TPSA) is 93.0 Å². The van der Waals surface area contributed by atoms with E-state index in [1.165, 1.54) is 12.1 Å². The minimum atomic E-state index is -3.70. The number of hydrogen-bond donors (Lipinski definition) is 0. The maximum Gasteiger partial charge on any atom is 0.288 e. The number of hydrogen-bond acceptors (Lipinski definition) is 7. The summed E-state index contributed by atoms with van der Waals surface area (Å²) in [5.74, 6) is 0.805. The fourth-order valence-electron chi connectivity index (χ4n) is 3.37. The summed E-state index contributed by atoms with van der Waals surface area (Å²) in [7, 11) is -2.07. The molecule has 0 radical (unpaired) electrons.